The Bertz CT molecular complexity index is 802. The first kappa shape index (κ1) is 15.6. The summed E-state index contributed by atoms with van der Waals surface area (Å²) in [7, 11) is 0. The third-order valence-electron chi connectivity index (χ3n) is 3.13. The molecule has 1 amide bonds. The van der Waals surface area contributed by atoms with E-state index in [0.717, 1.165) is 4.88 Å². The highest BCUT2D eigenvalue weighted by atomic mass is 35.5. The topological polar surface area (TPSA) is 38.3 Å². The zero-order valence-electron chi connectivity index (χ0n) is 12.2. The van der Waals surface area contributed by atoms with Gasteiger partial charge in [-0.15, -0.1) is 11.3 Å². The van der Waals surface area contributed by atoms with E-state index in [4.69, 9.17) is 16.3 Å². The molecular formula is C18H14ClNO2S. The van der Waals surface area contributed by atoms with Crippen LogP contribution in [0.3, 0.4) is 0 Å². The zero-order chi connectivity index (χ0) is 16.1. The molecule has 0 atom stereocenters. The maximum Gasteiger partial charge on any atom is 0.229 e. The van der Waals surface area contributed by atoms with E-state index in [9.17, 15) is 4.79 Å². The van der Waals surface area contributed by atoms with E-state index in [0.29, 0.717) is 28.6 Å². The minimum Gasteiger partial charge on any atom is -0.454 e. The molecule has 116 valence electrons. The number of anilines is 1. The summed E-state index contributed by atoms with van der Waals surface area (Å²) in [6.45, 7) is 0. The fourth-order valence-electron chi connectivity index (χ4n) is 2.07. The van der Waals surface area contributed by atoms with Crippen molar-refractivity contribution < 1.29 is 9.53 Å². The van der Waals surface area contributed by atoms with Gasteiger partial charge in [-0.2, -0.15) is 0 Å². The zero-order valence-corrected chi connectivity index (χ0v) is 13.7. The molecule has 0 saturated heterocycles. The number of benzene rings is 2. The summed E-state index contributed by atoms with van der Waals surface area (Å²) in [5, 5.41) is 5.36. The Morgan fingerprint density at radius 2 is 1.74 bits per heavy atom. The number of hydrogen-bond acceptors (Lipinski definition) is 3. The molecule has 5 heteroatoms. The van der Waals surface area contributed by atoms with Crippen LogP contribution in [0.25, 0.3) is 0 Å². The second-order valence-electron chi connectivity index (χ2n) is 4.83. The van der Waals surface area contributed by atoms with E-state index >= 15 is 0 Å². The minimum atomic E-state index is -0.0809. The lowest BCUT2D eigenvalue weighted by atomic mass is 10.2. The molecule has 0 aliphatic carbocycles. The average Bonchev–Trinajstić information content (AvgIpc) is 3.04. The van der Waals surface area contributed by atoms with E-state index in [1.54, 1.807) is 35.6 Å². The molecule has 0 unspecified atom stereocenters. The van der Waals surface area contributed by atoms with Crippen molar-refractivity contribution >= 4 is 34.5 Å². The highest BCUT2D eigenvalue weighted by molar-refractivity contribution is 7.10. The Morgan fingerprint density at radius 1 is 1.00 bits per heavy atom. The molecule has 0 bridgehead atoms. The predicted octanol–water partition coefficient (Wildman–Crippen LogP) is 5.38. The van der Waals surface area contributed by atoms with Crippen LogP contribution in [0.4, 0.5) is 5.69 Å². The van der Waals surface area contributed by atoms with Crippen molar-refractivity contribution in [2.24, 2.45) is 0 Å². The first-order valence-electron chi connectivity index (χ1n) is 7.06. The monoisotopic (exact) mass is 343 g/mol. The van der Waals surface area contributed by atoms with Crippen molar-refractivity contribution in [3.05, 3.63) is 75.9 Å². The molecule has 0 radical (unpaired) electrons. The van der Waals surface area contributed by atoms with Gasteiger partial charge in [-0.05, 0) is 35.7 Å². The number of thiophene rings is 1. The molecule has 3 rings (SSSR count). The Balaban J connectivity index is 1.75. The van der Waals surface area contributed by atoms with E-state index in [-0.39, 0.29) is 5.91 Å². The van der Waals surface area contributed by atoms with E-state index in [1.165, 1.54) is 0 Å². The number of halogens is 1. The van der Waals surface area contributed by atoms with Crippen LogP contribution >= 0.6 is 22.9 Å². The standard InChI is InChI=1S/C18H14ClNO2S/c19-14-7-1-3-9-16(14)22-17-10-4-2-8-15(17)20-18(21)12-13-6-5-11-23-13/h1-11H,12H2,(H,20,21). The number of carbonyl (C=O) groups excluding carboxylic acids is 1. The molecule has 2 aromatic carbocycles. The van der Waals surface area contributed by atoms with Crippen molar-refractivity contribution in [1.29, 1.82) is 0 Å². The lowest BCUT2D eigenvalue weighted by Crippen LogP contribution is -2.14. The molecule has 0 fully saturated rings. The quantitative estimate of drug-likeness (QED) is 0.675. The Kier molecular flexibility index (Phi) is 4.95. The van der Waals surface area contributed by atoms with Crippen molar-refractivity contribution in [2.45, 2.75) is 6.42 Å². The maximum absolute atomic E-state index is 12.2. The summed E-state index contributed by atoms with van der Waals surface area (Å²) in [5.41, 5.74) is 0.619. The molecule has 1 heterocycles. The SMILES string of the molecule is O=C(Cc1cccs1)Nc1ccccc1Oc1ccccc1Cl. The smallest absolute Gasteiger partial charge is 0.229 e. The van der Waals surface area contributed by atoms with Crippen LogP contribution in [0.5, 0.6) is 11.5 Å². The number of para-hydroxylation sites is 3. The van der Waals surface area contributed by atoms with Crippen LogP contribution in [0.15, 0.2) is 66.0 Å². The molecular weight excluding hydrogens is 330 g/mol. The highest BCUT2D eigenvalue weighted by Gasteiger charge is 2.10. The van der Waals surface area contributed by atoms with Gasteiger partial charge in [-0.25, -0.2) is 0 Å². The van der Waals surface area contributed by atoms with Crippen LogP contribution in [0.1, 0.15) is 4.88 Å². The van der Waals surface area contributed by atoms with Gasteiger partial charge in [0.15, 0.2) is 5.75 Å². The number of hydrogen-bond donors (Lipinski definition) is 1. The molecule has 0 spiro atoms. The van der Waals surface area contributed by atoms with Gasteiger partial charge in [-0.3, -0.25) is 4.79 Å². The number of amides is 1. The first-order chi connectivity index (χ1) is 11.2. The second kappa shape index (κ2) is 7.31. The second-order valence-corrected chi connectivity index (χ2v) is 6.27. The molecule has 0 aliphatic heterocycles. The van der Waals surface area contributed by atoms with E-state index in [2.05, 4.69) is 5.32 Å². The largest absolute Gasteiger partial charge is 0.454 e. The van der Waals surface area contributed by atoms with Crippen LogP contribution in [-0.4, -0.2) is 5.91 Å². The number of rotatable bonds is 5. The van der Waals surface area contributed by atoms with Gasteiger partial charge in [0.1, 0.15) is 5.75 Å². The summed E-state index contributed by atoms with van der Waals surface area (Å²) in [5.74, 6) is 1.02. The fourth-order valence-corrected chi connectivity index (χ4v) is 2.95. The van der Waals surface area contributed by atoms with Crippen molar-refractivity contribution in [1.82, 2.24) is 0 Å². The van der Waals surface area contributed by atoms with Gasteiger partial charge in [0.25, 0.3) is 0 Å². The van der Waals surface area contributed by atoms with E-state index < -0.39 is 0 Å². The molecule has 3 aromatic rings. The molecule has 1 aromatic heterocycles. The fraction of sp³-hybridized carbons (Fsp3) is 0.0556. The van der Waals surface area contributed by atoms with Crippen molar-refractivity contribution in [3.8, 4) is 11.5 Å². The summed E-state index contributed by atoms with van der Waals surface area (Å²) in [4.78, 5) is 13.2. The summed E-state index contributed by atoms with van der Waals surface area (Å²) in [6.07, 6.45) is 0.345. The molecule has 3 nitrogen and oxygen atoms in total. The summed E-state index contributed by atoms with van der Waals surface area (Å²) >= 11 is 7.68. The normalized spacial score (nSPS) is 10.3. The number of nitrogens with one attached hydrogen (secondary N) is 1. The van der Waals surface area contributed by atoms with Crippen LogP contribution in [0.2, 0.25) is 5.02 Å². The average molecular weight is 344 g/mol. The minimum absolute atomic E-state index is 0.0809. The van der Waals surface area contributed by atoms with Crippen LogP contribution < -0.4 is 10.1 Å². The van der Waals surface area contributed by atoms with Gasteiger partial charge in [0.05, 0.1) is 17.1 Å². The molecule has 0 saturated carbocycles. The van der Waals surface area contributed by atoms with Crippen LogP contribution in [-0.2, 0) is 11.2 Å². The number of ether oxygens (including phenoxy) is 1. The Labute approximate surface area is 143 Å². The molecule has 0 aliphatic rings. The van der Waals surface area contributed by atoms with Gasteiger partial charge in [-0.1, -0.05) is 41.9 Å². The number of carbonyl (C=O) groups is 1. The maximum atomic E-state index is 12.2. The molecule has 23 heavy (non-hydrogen) atoms. The third-order valence-corrected chi connectivity index (χ3v) is 4.32. The van der Waals surface area contributed by atoms with E-state index in [1.807, 2.05) is 41.8 Å². The van der Waals surface area contributed by atoms with Crippen molar-refractivity contribution in [2.75, 3.05) is 5.32 Å². The van der Waals surface area contributed by atoms with Gasteiger partial charge in [0.2, 0.25) is 5.91 Å². The van der Waals surface area contributed by atoms with Gasteiger partial charge in [0, 0.05) is 4.88 Å². The van der Waals surface area contributed by atoms with Crippen molar-refractivity contribution in [3.63, 3.8) is 0 Å². The molecule has 1 N–H and O–H groups in total. The Hall–Kier alpha value is -2.30. The third kappa shape index (κ3) is 4.12. The Morgan fingerprint density at radius 3 is 2.48 bits per heavy atom. The lowest BCUT2D eigenvalue weighted by molar-refractivity contribution is -0.115. The highest BCUT2D eigenvalue weighted by Crippen LogP contribution is 2.33. The summed E-state index contributed by atoms with van der Waals surface area (Å²) in [6, 6.07) is 18.4. The predicted molar refractivity (Wildman–Crippen MR) is 94.6 cm³/mol. The van der Waals surface area contributed by atoms with Gasteiger partial charge >= 0.3 is 0 Å². The van der Waals surface area contributed by atoms with Gasteiger partial charge < -0.3 is 10.1 Å². The van der Waals surface area contributed by atoms with Crippen LogP contribution in [0, 0.1) is 0 Å². The lowest BCUT2D eigenvalue weighted by Gasteiger charge is -2.12. The first-order valence-corrected chi connectivity index (χ1v) is 8.32. The summed E-state index contributed by atoms with van der Waals surface area (Å²) < 4.78 is 5.83.